The predicted octanol–water partition coefficient (Wildman–Crippen LogP) is 0.0827. The number of nitrogens with one attached hydrogen (secondary N) is 1. The van der Waals surface area contributed by atoms with Crippen LogP contribution >= 0.6 is 23.7 Å². The number of hydrogen-bond donors (Lipinski definition) is 2. The van der Waals surface area contributed by atoms with Crippen molar-refractivity contribution in [2.24, 2.45) is 5.14 Å². The van der Waals surface area contributed by atoms with Gasteiger partial charge in [-0.05, 0) is 18.6 Å². The minimum Gasteiger partial charge on any atom is -0.309 e. The highest BCUT2D eigenvalue weighted by molar-refractivity contribution is 7.95. The van der Waals surface area contributed by atoms with Gasteiger partial charge in [0.15, 0.2) is 9.84 Å². The molecule has 0 amide bonds. The molecule has 0 saturated heterocycles. The summed E-state index contributed by atoms with van der Waals surface area (Å²) in [5.41, 5.74) is 0.475. The van der Waals surface area contributed by atoms with Gasteiger partial charge in [-0.2, -0.15) is 0 Å². The number of thiophene rings is 1. The minimum absolute atomic E-state index is 0. The number of sulfone groups is 1. The van der Waals surface area contributed by atoms with E-state index in [0.717, 1.165) is 11.3 Å². The SMILES string of the molecule is C[C@@H]1CS(=O)(=O)c2sc(S(N)(=O)=O)cc2CN1.Cl. The first kappa shape index (κ1) is 15.9. The number of nitrogens with two attached hydrogens (primary N) is 1. The summed E-state index contributed by atoms with van der Waals surface area (Å²) in [6, 6.07) is 1.18. The molecule has 18 heavy (non-hydrogen) atoms. The second-order valence-electron chi connectivity index (χ2n) is 3.99. The van der Waals surface area contributed by atoms with E-state index in [4.69, 9.17) is 5.14 Å². The summed E-state index contributed by atoms with van der Waals surface area (Å²) in [6.45, 7) is 2.11. The van der Waals surface area contributed by atoms with Crippen molar-refractivity contribution < 1.29 is 16.8 Å². The molecular formula is C8H13ClN2O4S3. The lowest BCUT2D eigenvalue weighted by molar-refractivity contribution is 0.570. The number of halogens is 1. The van der Waals surface area contributed by atoms with Gasteiger partial charge in [-0.3, -0.25) is 0 Å². The normalized spacial score (nSPS) is 22.7. The molecule has 2 heterocycles. The zero-order valence-corrected chi connectivity index (χ0v) is 12.7. The second kappa shape index (κ2) is 5.06. The summed E-state index contributed by atoms with van der Waals surface area (Å²) in [5.74, 6) is -0.0371. The van der Waals surface area contributed by atoms with Crippen LogP contribution in [0, 0.1) is 0 Å². The Kier molecular flexibility index (Phi) is 4.46. The van der Waals surface area contributed by atoms with Gasteiger partial charge in [0.05, 0.1) is 5.75 Å². The highest BCUT2D eigenvalue weighted by Gasteiger charge is 2.29. The summed E-state index contributed by atoms with van der Waals surface area (Å²) in [4.78, 5) is 0. The third-order valence-electron chi connectivity index (χ3n) is 2.42. The molecule has 0 unspecified atom stereocenters. The van der Waals surface area contributed by atoms with Gasteiger partial charge < -0.3 is 5.32 Å². The van der Waals surface area contributed by atoms with Crippen LogP contribution in [0.25, 0.3) is 0 Å². The first-order valence-electron chi connectivity index (χ1n) is 4.82. The van der Waals surface area contributed by atoms with Gasteiger partial charge in [0, 0.05) is 12.6 Å². The van der Waals surface area contributed by atoms with Crippen LogP contribution in [0.15, 0.2) is 14.5 Å². The predicted molar refractivity (Wildman–Crippen MR) is 71.3 cm³/mol. The smallest absolute Gasteiger partial charge is 0.247 e. The van der Waals surface area contributed by atoms with Crippen molar-refractivity contribution in [3.8, 4) is 0 Å². The molecule has 0 saturated carbocycles. The average molecular weight is 333 g/mol. The summed E-state index contributed by atoms with van der Waals surface area (Å²) < 4.78 is 46.3. The Hall–Kier alpha value is -0.190. The molecular weight excluding hydrogens is 320 g/mol. The molecule has 1 atom stereocenters. The molecule has 1 aliphatic rings. The summed E-state index contributed by atoms with van der Waals surface area (Å²) in [7, 11) is -7.28. The van der Waals surface area contributed by atoms with Crippen LogP contribution in [0.3, 0.4) is 0 Å². The molecule has 2 rings (SSSR count). The highest BCUT2D eigenvalue weighted by Crippen LogP contribution is 2.32. The molecule has 3 N–H and O–H groups in total. The van der Waals surface area contributed by atoms with Crippen LogP contribution in [-0.2, 0) is 26.4 Å². The third-order valence-corrected chi connectivity index (χ3v) is 7.59. The molecule has 104 valence electrons. The lowest BCUT2D eigenvalue weighted by Gasteiger charge is -2.07. The van der Waals surface area contributed by atoms with E-state index >= 15 is 0 Å². The molecule has 0 aromatic carbocycles. The number of hydrogen-bond acceptors (Lipinski definition) is 6. The molecule has 10 heteroatoms. The molecule has 0 radical (unpaired) electrons. The van der Waals surface area contributed by atoms with Crippen molar-refractivity contribution >= 4 is 43.6 Å². The van der Waals surface area contributed by atoms with E-state index in [9.17, 15) is 16.8 Å². The first-order chi connectivity index (χ1) is 7.70. The van der Waals surface area contributed by atoms with Crippen LogP contribution in [-0.4, -0.2) is 28.6 Å². The zero-order valence-electron chi connectivity index (χ0n) is 9.41. The number of fused-ring (bicyclic) bond motifs is 1. The molecule has 0 bridgehead atoms. The Morgan fingerprint density at radius 2 is 2.11 bits per heavy atom. The van der Waals surface area contributed by atoms with Gasteiger partial charge in [0.2, 0.25) is 10.0 Å². The van der Waals surface area contributed by atoms with Crippen LogP contribution in [0.5, 0.6) is 0 Å². The fraction of sp³-hybridized carbons (Fsp3) is 0.500. The molecule has 1 aromatic rings. The quantitative estimate of drug-likeness (QED) is 0.757. The van der Waals surface area contributed by atoms with Crippen molar-refractivity contribution in [1.29, 1.82) is 0 Å². The Balaban J connectivity index is 0.00000162. The Labute approximate surface area is 116 Å². The molecule has 1 aliphatic heterocycles. The van der Waals surface area contributed by atoms with Crippen molar-refractivity contribution in [1.82, 2.24) is 5.32 Å². The van der Waals surface area contributed by atoms with E-state index in [-0.39, 0.29) is 32.6 Å². The van der Waals surface area contributed by atoms with E-state index in [1.165, 1.54) is 6.07 Å². The van der Waals surface area contributed by atoms with E-state index in [1.54, 1.807) is 6.92 Å². The Bertz CT molecular complexity index is 650. The van der Waals surface area contributed by atoms with Crippen LogP contribution < -0.4 is 10.5 Å². The average Bonchev–Trinajstić information content (AvgIpc) is 2.53. The van der Waals surface area contributed by atoms with Gasteiger partial charge in [-0.25, -0.2) is 22.0 Å². The summed E-state index contributed by atoms with van der Waals surface area (Å²) >= 11 is 0.724. The first-order valence-corrected chi connectivity index (χ1v) is 8.83. The zero-order chi connectivity index (χ0) is 12.8. The topological polar surface area (TPSA) is 106 Å². The molecule has 0 spiro atoms. The van der Waals surface area contributed by atoms with Gasteiger partial charge in [-0.1, -0.05) is 0 Å². The van der Waals surface area contributed by atoms with Crippen LogP contribution in [0.4, 0.5) is 0 Å². The number of rotatable bonds is 1. The van der Waals surface area contributed by atoms with Crippen molar-refractivity contribution in [2.45, 2.75) is 27.9 Å². The highest BCUT2D eigenvalue weighted by atomic mass is 35.5. The van der Waals surface area contributed by atoms with Crippen LogP contribution in [0.1, 0.15) is 12.5 Å². The maximum atomic E-state index is 12.0. The minimum atomic E-state index is -3.85. The fourth-order valence-electron chi connectivity index (χ4n) is 1.66. The monoisotopic (exact) mass is 332 g/mol. The van der Waals surface area contributed by atoms with Crippen LogP contribution in [0.2, 0.25) is 0 Å². The van der Waals surface area contributed by atoms with Gasteiger partial charge >= 0.3 is 0 Å². The molecule has 0 aliphatic carbocycles. The third kappa shape index (κ3) is 3.03. The van der Waals surface area contributed by atoms with Gasteiger partial charge in [0.1, 0.15) is 8.42 Å². The second-order valence-corrected chi connectivity index (χ2v) is 9.06. The van der Waals surface area contributed by atoms with Crippen molar-refractivity contribution in [3.63, 3.8) is 0 Å². The molecule has 1 aromatic heterocycles. The maximum absolute atomic E-state index is 12.0. The summed E-state index contributed by atoms with van der Waals surface area (Å²) in [6.07, 6.45) is 0. The van der Waals surface area contributed by atoms with Crippen molar-refractivity contribution in [3.05, 3.63) is 11.6 Å². The lowest BCUT2D eigenvalue weighted by Crippen LogP contribution is -2.29. The van der Waals surface area contributed by atoms with Gasteiger partial charge in [-0.15, -0.1) is 23.7 Å². The van der Waals surface area contributed by atoms with Gasteiger partial charge in [0.25, 0.3) is 0 Å². The summed E-state index contributed by atoms with van der Waals surface area (Å²) in [5, 5.41) is 8.00. The fourth-order valence-corrected chi connectivity index (χ4v) is 5.93. The number of primary sulfonamides is 1. The van der Waals surface area contributed by atoms with E-state index in [0.29, 0.717) is 12.1 Å². The molecule has 0 fully saturated rings. The van der Waals surface area contributed by atoms with E-state index in [2.05, 4.69) is 5.32 Å². The van der Waals surface area contributed by atoms with E-state index < -0.39 is 19.9 Å². The lowest BCUT2D eigenvalue weighted by atomic mass is 10.3. The maximum Gasteiger partial charge on any atom is 0.247 e. The van der Waals surface area contributed by atoms with Crippen molar-refractivity contribution in [2.75, 3.05) is 5.75 Å². The molecule has 6 nitrogen and oxygen atoms in total. The standard InChI is InChI=1S/C8H12N2O4S3.ClH/c1-5-4-16(11,12)8-6(3-10-5)2-7(15-8)17(9,13)14;/h2,5,10H,3-4H2,1H3,(H2,9,13,14);1H/t5-;/m1./s1. The largest absolute Gasteiger partial charge is 0.309 e. The Morgan fingerprint density at radius 1 is 1.50 bits per heavy atom. The Morgan fingerprint density at radius 3 is 2.67 bits per heavy atom. The number of sulfonamides is 1. The van der Waals surface area contributed by atoms with E-state index in [1.807, 2.05) is 0 Å².